The highest BCUT2D eigenvalue weighted by Crippen LogP contribution is 2.26. The van der Waals surface area contributed by atoms with Crippen LogP contribution in [0, 0.1) is 0 Å². The number of nitrogens with zero attached hydrogens (tertiary/aromatic N) is 4. The topological polar surface area (TPSA) is 85.6 Å². The highest BCUT2D eigenvalue weighted by Gasteiger charge is 2.21. The van der Waals surface area contributed by atoms with E-state index in [9.17, 15) is 0 Å². The van der Waals surface area contributed by atoms with Crippen LogP contribution in [-0.2, 0) is 0 Å². The van der Waals surface area contributed by atoms with E-state index in [1.54, 1.807) is 11.6 Å². The number of anilines is 1. The molecular weight excluding hydrogens is 368 g/mol. The number of hydrogen-bond acceptors (Lipinski definition) is 7. The number of hydrogen-bond donors (Lipinski definition) is 2. The zero-order valence-corrected chi connectivity index (χ0v) is 17.3. The van der Waals surface area contributed by atoms with Gasteiger partial charge in [-0.1, -0.05) is 26.0 Å². The van der Waals surface area contributed by atoms with Crippen molar-refractivity contribution in [3.05, 3.63) is 41.6 Å². The molecular formula is C21H28N6O2. The summed E-state index contributed by atoms with van der Waals surface area (Å²) in [4.78, 5) is 9.31. The Morgan fingerprint density at radius 3 is 2.83 bits per heavy atom. The molecule has 3 aromatic rings. The molecule has 1 saturated heterocycles. The van der Waals surface area contributed by atoms with Gasteiger partial charge in [0.1, 0.15) is 11.9 Å². The lowest BCUT2D eigenvalue weighted by molar-refractivity contribution is 0.204. The second-order valence-corrected chi connectivity index (χ2v) is 7.70. The van der Waals surface area contributed by atoms with Crippen LogP contribution < -0.4 is 20.1 Å². The van der Waals surface area contributed by atoms with E-state index in [1.165, 1.54) is 0 Å². The van der Waals surface area contributed by atoms with Gasteiger partial charge in [0.2, 0.25) is 5.95 Å². The summed E-state index contributed by atoms with van der Waals surface area (Å²) in [6.07, 6.45) is 2.90. The van der Waals surface area contributed by atoms with Crippen molar-refractivity contribution in [2.45, 2.75) is 45.3 Å². The molecule has 0 spiro atoms. The Hall–Kier alpha value is -2.87. The third-order valence-electron chi connectivity index (χ3n) is 5.22. The zero-order valence-electron chi connectivity index (χ0n) is 17.3. The molecule has 1 aliphatic heterocycles. The molecule has 29 heavy (non-hydrogen) atoms. The van der Waals surface area contributed by atoms with Crippen LogP contribution in [0.15, 0.2) is 30.5 Å². The number of fused-ring (bicyclic) bond motifs is 1. The molecule has 154 valence electrons. The fourth-order valence-corrected chi connectivity index (χ4v) is 3.49. The van der Waals surface area contributed by atoms with Crippen LogP contribution in [0.5, 0.6) is 11.8 Å². The number of nitrogens with one attached hydrogen (secondary N) is 2. The normalized spacial score (nSPS) is 17.6. The monoisotopic (exact) mass is 396 g/mol. The molecule has 2 N–H and O–H groups in total. The lowest BCUT2D eigenvalue weighted by Crippen LogP contribution is -2.22. The summed E-state index contributed by atoms with van der Waals surface area (Å²) >= 11 is 0. The van der Waals surface area contributed by atoms with Gasteiger partial charge in [-0.05, 0) is 43.5 Å². The van der Waals surface area contributed by atoms with Crippen molar-refractivity contribution in [1.29, 1.82) is 0 Å². The van der Waals surface area contributed by atoms with Crippen molar-refractivity contribution in [3.8, 4) is 11.8 Å². The highest BCUT2D eigenvalue weighted by molar-refractivity contribution is 5.53. The zero-order chi connectivity index (χ0) is 20.4. The smallest absolute Gasteiger partial charge is 0.322 e. The third-order valence-corrected chi connectivity index (χ3v) is 5.22. The third kappa shape index (κ3) is 4.12. The summed E-state index contributed by atoms with van der Waals surface area (Å²) in [5, 5.41) is 11.3. The molecule has 3 heterocycles. The van der Waals surface area contributed by atoms with E-state index in [0.29, 0.717) is 17.9 Å². The number of aromatic nitrogens is 4. The molecule has 0 amide bonds. The second kappa shape index (κ2) is 8.24. The quantitative estimate of drug-likeness (QED) is 0.634. The Morgan fingerprint density at radius 2 is 2.10 bits per heavy atom. The summed E-state index contributed by atoms with van der Waals surface area (Å²) in [6.45, 7) is 8.11. The molecule has 8 heteroatoms. The first kappa shape index (κ1) is 19.4. The van der Waals surface area contributed by atoms with Crippen LogP contribution >= 0.6 is 0 Å². The lowest BCUT2D eigenvalue weighted by atomic mass is 10.1. The summed E-state index contributed by atoms with van der Waals surface area (Å²) < 4.78 is 13.2. The predicted octanol–water partition coefficient (Wildman–Crippen LogP) is 3.17. The number of rotatable bonds is 7. The van der Waals surface area contributed by atoms with Crippen LogP contribution in [0.4, 0.5) is 5.95 Å². The first-order valence-corrected chi connectivity index (χ1v) is 10.1. The molecule has 0 bridgehead atoms. The first-order chi connectivity index (χ1) is 14.0. The van der Waals surface area contributed by atoms with E-state index in [2.05, 4.69) is 52.5 Å². The average Bonchev–Trinajstić information content (AvgIpc) is 3.38. The Kier molecular flexibility index (Phi) is 5.53. The maximum absolute atomic E-state index is 6.07. The Balaban J connectivity index is 1.69. The molecule has 1 aromatic carbocycles. The molecule has 0 aliphatic carbocycles. The van der Waals surface area contributed by atoms with E-state index in [-0.39, 0.29) is 12.1 Å². The maximum atomic E-state index is 6.07. The van der Waals surface area contributed by atoms with E-state index < -0.39 is 0 Å². The summed E-state index contributed by atoms with van der Waals surface area (Å²) in [5.74, 6) is 1.73. The molecule has 8 nitrogen and oxygen atoms in total. The fourth-order valence-electron chi connectivity index (χ4n) is 3.49. The minimum atomic E-state index is -0.00380. The van der Waals surface area contributed by atoms with Crippen molar-refractivity contribution in [1.82, 2.24) is 24.9 Å². The molecule has 1 fully saturated rings. The minimum absolute atomic E-state index is 0.00380. The van der Waals surface area contributed by atoms with Gasteiger partial charge in [0, 0.05) is 12.1 Å². The number of benzene rings is 1. The van der Waals surface area contributed by atoms with Gasteiger partial charge < -0.3 is 20.1 Å². The van der Waals surface area contributed by atoms with Gasteiger partial charge in [-0.3, -0.25) is 0 Å². The Labute approximate surface area is 170 Å². The molecule has 2 atom stereocenters. The van der Waals surface area contributed by atoms with Crippen LogP contribution in [0.3, 0.4) is 0 Å². The average molecular weight is 396 g/mol. The van der Waals surface area contributed by atoms with Gasteiger partial charge in [0.05, 0.1) is 19.3 Å². The Bertz CT molecular complexity index is 980. The standard InChI is InChI=1S/C21H28N6O2/c1-13(2)18-12-23-27-19(18)25-21(29-17-8-9-22-11-17)26-20(27)24-14(3)15-6-5-7-16(10-15)28-4/h5-7,10,12-14,17,22H,8-9,11H2,1-4H3,(H,24,25,26)/t14-,17?/m0/s1. The molecule has 2 aromatic heterocycles. The molecule has 1 aliphatic rings. The van der Waals surface area contributed by atoms with Crippen molar-refractivity contribution in [2.75, 3.05) is 25.5 Å². The van der Waals surface area contributed by atoms with Gasteiger partial charge in [0.15, 0.2) is 5.65 Å². The van der Waals surface area contributed by atoms with Crippen molar-refractivity contribution in [3.63, 3.8) is 0 Å². The molecule has 4 rings (SSSR count). The van der Waals surface area contributed by atoms with Gasteiger partial charge in [-0.25, -0.2) is 0 Å². The van der Waals surface area contributed by atoms with Crippen molar-refractivity contribution in [2.24, 2.45) is 0 Å². The largest absolute Gasteiger partial charge is 0.497 e. The summed E-state index contributed by atoms with van der Waals surface area (Å²) in [5.41, 5.74) is 2.94. The number of methoxy groups -OCH3 is 1. The van der Waals surface area contributed by atoms with Crippen molar-refractivity contribution >= 4 is 11.6 Å². The summed E-state index contributed by atoms with van der Waals surface area (Å²) in [7, 11) is 1.67. The van der Waals surface area contributed by atoms with E-state index in [4.69, 9.17) is 9.47 Å². The van der Waals surface area contributed by atoms with Crippen LogP contribution in [0.1, 0.15) is 50.3 Å². The molecule has 1 unspecified atom stereocenters. The van der Waals surface area contributed by atoms with E-state index in [1.807, 2.05) is 24.4 Å². The lowest BCUT2D eigenvalue weighted by Gasteiger charge is -2.18. The van der Waals surface area contributed by atoms with Crippen LogP contribution in [0.2, 0.25) is 0 Å². The maximum Gasteiger partial charge on any atom is 0.322 e. The highest BCUT2D eigenvalue weighted by atomic mass is 16.5. The van der Waals surface area contributed by atoms with Gasteiger partial charge in [-0.2, -0.15) is 19.6 Å². The Morgan fingerprint density at radius 1 is 1.24 bits per heavy atom. The first-order valence-electron chi connectivity index (χ1n) is 10.1. The van der Waals surface area contributed by atoms with Gasteiger partial charge in [0.25, 0.3) is 0 Å². The van der Waals surface area contributed by atoms with Crippen LogP contribution in [0.25, 0.3) is 5.65 Å². The second-order valence-electron chi connectivity index (χ2n) is 7.70. The predicted molar refractivity (Wildman–Crippen MR) is 112 cm³/mol. The minimum Gasteiger partial charge on any atom is -0.497 e. The fraction of sp³-hybridized carbons (Fsp3) is 0.476. The SMILES string of the molecule is COc1cccc([C@H](C)Nc2nc(OC3CCNC3)nc3c(C(C)C)cnn23)c1. The van der Waals surface area contributed by atoms with Crippen molar-refractivity contribution < 1.29 is 9.47 Å². The molecule has 0 radical (unpaired) electrons. The van der Waals surface area contributed by atoms with E-state index in [0.717, 1.165) is 42.0 Å². The van der Waals surface area contributed by atoms with Gasteiger partial charge in [-0.15, -0.1) is 0 Å². The van der Waals surface area contributed by atoms with Gasteiger partial charge >= 0.3 is 6.01 Å². The summed E-state index contributed by atoms with van der Waals surface area (Å²) in [6, 6.07) is 8.37. The van der Waals surface area contributed by atoms with Crippen LogP contribution in [-0.4, -0.2) is 45.9 Å². The number of ether oxygens (including phenoxy) is 2. The molecule has 0 saturated carbocycles. The van der Waals surface area contributed by atoms with E-state index >= 15 is 0 Å².